The maximum atomic E-state index is 11.8. The Hall–Kier alpha value is -4.21. The summed E-state index contributed by atoms with van der Waals surface area (Å²) < 4.78 is 7.32. The van der Waals surface area contributed by atoms with Crippen molar-refractivity contribution in [1.82, 2.24) is 19.8 Å². The number of amides is 1. The molecule has 41 heavy (non-hydrogen) atoms. The molecule has 3 heterocycles. The monoisotopic (exact) mass is 556 g/mol. The number of ether oxygens (including phenoxy) is 1. The summed E-state index contributed by atoms with van der Waals surface area (Å²) >= 11 is 0. The van der Waals surface area contributed by atoms with Crippen LogP contribution in [0.2, 0.25) is 0 Å². The van der Waals surface area contributed by atoms with Crippen LogP contribution >= 0.6 is 0 Å². The number of morpholine rings is 1. The molecule has 9 heteroatoms. The third-order valence-corrected chi connectivity index (χ3v) is 7.21. The number of pyridine rings is 1. The van der Waals surface area contributed by atoms with E-state index in [1.54, 1.807) is 24.0 Å². The normalized spacial score (nSPS) is 16.9. The lowest BCUT2D eigenvalue weighted by molar-refractivity contribution is -0.0675. The van der Waals surface area contributed by atoms with Crippen LogP contribution in [0.25, 0.3) is 10.9 Å². The minimum atomic E-state index is -0.145. The van der Waals surface area contributed by atoms with Crippen LogP contribution in [-0.4, -0.2) is 79.8 Å². The number of carbonyl (C=O) groups excluding carboxylic acids is 2. The number of benzene rings is 2. The van der Waals surface area contributed by atoms with Crippen molar-refractivity contribution < 1.29 is 14.3 Å². The molecule has 5 rings (SSSR count). The van der Waals surface area contributed by atoms with Gasteiger partial charge in [-0.3, -0.25) is 14.3 Å². The molecule has 1 amide bonds. The molecule has 2 aromatic carbocycles. The molecule has 2 N–H and O–H groups in total. The van der Waals surface area contributed by atoms with Crippen molar-refractivity contribution in [3.63, 3.8) is 0 Å². The second kappa shape index (κ2) is 13.9. The van der Waals surface area contributed by atoms with Gasteiger partial charge >= 0.3 is 6.03 Å². The summed E-state index contributed by atoms with van der Waals surface area (Å²) in [6.45, 7) is 7.33. The van der Waals surface area contributed by atoms with Gasteiger partial charge < -0.3 is 20.3 Å². The predicted octanol–water partition coefficient (Wildman–Crippen LogP) is 5.18. The molecule has 9 nitrogen and oxygen atoms in total. The molecule has 216 valence electrons. The van der Waals surface area contributed by atoms with Crippen molar-refractivity contribution >= 4 is 40.4 Å². The molecule has 2 atom stereocenters. The molecule has 1 aliphatic rings. The molecule has 0 spiro atoms. The zero-order chi connectivity index (χ0) is 29.4. The van der Waals surface area contributed by atoms with Crippen molar-refractivity contribution in [1.29, 1.82) is 0 Å². The average molecular weight is 557 g/mol. The lowest BCUT2D eigenvalue weighted by atomic mass is 10.1. The van der Waals surface area contributed by atoms with E-state index in [-0.39, 0.29) is 6.03 Å². The first-order valence-corrected chi connectivity index (χ1v) is 13.9. The predicted molar refractivity (Wildman–Crippen MR) is 166 cm³/mol. The summed E-state index contributed by atoms with van der Waals surface area (Å²) in [7, 11) is 5.48. The van der Waals surface area contributed by atoms with E-state index in [1.807, 2.05) is 68.7 Å². The van der Waals surface area contributed by atoms with Crippen LogP contribution in [0.3, 0.4) is 0 Å². The number of aromatic nitrogens is 2. The third kappa shape index (κ3) is 7.71. The Morgan fingerprint density at radius 2 is 1.73 bits per heavy atom. The zero-order valence-corrected chi connectivity index (χ0v) is 24.5. The van der Waals surface area contributed by atoms with E-state index in [4.69, 9.17) is 4.74 Å². The third-order valence-electron chi connectivity index (χ3n) is 7.21. The Morgan fingerprint density at radius 3 is 2.39 bits per heavy atom. The van der Waals surface area contributed by atoms with Crippen molar-refractivity contribution in [2.24, 2.45) is 0 Å². The highest BCUT2D eigenvalue weighted by Gasteiger charge is 2.21. The first-order valence-electron chi connectivity index (χ1n) is 13.9. The summed E-state index contributed by atoms with van der Waals surface area (Å²) in [5.74, 6) is 0.821. The average Bonchev–Trinajstić information content (AvgIpc) is 3.43. The Labute approximate surface area is 242 Å². The maximum Gasteiger partial charge on any atom is 0.325 e. The molecular formula is C32H40N6O3. The summed E-state index contributed by atoms with van der Waals surface area (Å²) in [4.78, 5) is 31.2. The van der Waals surface area contributed by atoms with E-state index < -0.39 is 0 Å². The molecule has 1 saturated heterocycles. The number of hydrogen-bond acceptors (Lipinski definition) is 7. The zero-order valence-electron chi connectivity index (χ0n) is 24.5. The number of anilines is 3. The molecule has 0 aliphatic carbocycles. The molecule has 0 radical (unpaired) electrons. The van der Waals surface area contributed by atoms with Crippen molar-refractivity contribution in [2.45, 2.75) is 32.5 Å². The topological polar surface area (TPSA) is 91.7 Å². The molecule has 4 aromatic rings. The summed E-state index contributed by atoms with van der Waals surface area (Å²) in [5, 5.41) is 6.69. The van der Waals surface area contributed by atoms with E-state index in [2.05, 4.69) is 45.3 Å². The van der Waals surface area contributed by atoms with Gasteiger partial charge in [-0.2, -0.15) is 0 Å². The number of rotatable bonds is 7. The molecule has 1 fully saturated rings. The first kappa shape index (κ1) is 29.8. The van der Waals surface area contributed by atoms with Gasteiger partial charge in [0.05, 0.1) is 17.7 Å². The molecule has 2 unspecified atom stereocenters. The highest BCUT2D eigenvalue weighted by molar-refractivity contribution is 5.93. The van der Waals surface area contributed by atoms with Crippen molar-refractivity contribution in [2.75, 3.05) is 51.0 Å². The molecule has 2 aromatic heterocycles. The van der Waals surface area contributed by atoms with Crippen LogP contribution in [0.5, 0.6) is 0 Å². The van der Waals surface area contributed by atoms with Crippen LogP contribution in [0, 0.1) is 0 Å². The Morgan fingerprint density at radius 1 is 1.02 bits per heavy atom. The summed E-state index contributed by atoms with van der Waals surface area (Å²) in [5.41, 5.74) is 4.99. The van der Waals surface area contributed by atoms with E-state index in [1.165, 1.54) is 5.56 Å². The van der Waals surface area contributed by atoms with Gasteiger partial charge in [0.2, 0.25) is 0 Å². The van der Waals surface area contributed by atoms with E-state index in [0.29, 0.717) is 12.2 Å². The Balaban J connectivity index is 0.000000195. The van der Waals surface area contributed by atoms with Crippen LogP contribution in [-0.2, 0) is 11.2 Å². The summed E-state index contributed by atoms with van der Waals surface area (Å²) in [6.07, 6.45) is 6.11. The number of hydrogen-bond donors (Lipinski definition) is 2. The second-order valence-corrected chi connectivity index (χ2v) is 10.3. The summed E-state index contributed by atoms with van der Waals surface area (Å²) in [6, 6.07) is 19.6. The van der Waals surface area contributed by atoms with Gasteiger partial charge in [0, 0.05) is 81.6 Å². The number of aldehydes is 1. The fourth-order valence-electron chi connectivity index (χ4n) is 5.07. The molecule has 0 bridgehead atoms. The lowest BCUT2D eigenvalue weighted by Crippen LogP contribution is -2.46. The van der Waals surface area contributed by atoms with Gasteiger partial charge in [0.1, 0.15) is 12.1 Å². The quantitative estimate of drug-likeness (QED) is 0.303. The maximum absolute atomic E-state index is 11.8. The van der Waals surface area contributed by atoms with E-state index >= 15 is 0 Å². The number of fused-ring (bicyclic) bond motifs is 1. The standard InChI is InChI=1S/C17H19N5O.C15H21NO2/c1-18-16-11-14(6-8-20-16)21(3)13-4-5-15-12(10-13)7-9-22(15)17(23)19-2;1-12-9-16(10-13(2)18-12)8-7-14-3-5-15(11-17)6-4-14/h4-11H,1-3H3,(H,18,20)(H,19,23);3-6,11-13H,7-10H2,1-2H3. The van der Waals surface area contributed by atoms with Gasteiger partial charge in [0.25, 0.3) is 0 Å². The first-order chi connectivity index (χ1) is 19.8. The number of nitrogens with one attached hydrogen (secondary N) is 2. The van der Waals surface area contributed by atoms with Gasteiger partial charge in [-0.15, -0.1) is 0 Å². The molecule has 0 saturated carbocycles. The SMILES string of the molecule is CC1CN(CCc2ccc(C=O)cc2)CC(C)O1.CNC(=O)n1ccc2cc(N(C)c3ccnc(NC)c3)ccc21. The van der Waals surface area contributed by atoms with Crippen molar-refractivity contribution in [3.8, 4) is 0 Å². The smallest absolute Gasteiger partial charge is 0.325 e. The second-order valence-electron chi connectivity index (χ2n) is 10.3. The number of nitrogens with zero attached hydrogens (tertiary/aromatic N) is 4. The minimum absolute atomic E-state index is 0.145. The fraction of sp³-hybridized carbons (Fsp3) is 0.344. The van der Waals surface area contributed by atoms with Gasteiger partial charge in [-0.1, -0.05) is 24.3 Å². The van der Waals surface area contributed by atoms with Gasteiger partial charge in [-0.05, 0) is 56.2 Å². The van der Waals surface area contributed by atoms with E-state index in [0.717, 1.165) is 66.0 Å². The van der Waals surface area contributed by atoms with Crippen LogP contribution in [0.15, 0.2) is 73.1 Å². The van der Waals surface area contributed by atoms with Crippen LogP contribution in [0.1, 0.15) is 29.8 Å². The lowest BCUT2D eigenvalue weighted by Gasteiger charge is -2.35. The van der Waals surface area contributed by atoms with Gasteiger partial charge in [0.15, 0.2) is 0 Å². The molecule has 1 aliphatic heterocycles. The Kier molecular flexibility index (Phi) is 10.1. The highest BCUT2D eigenvalue weighted by Crippen LogP contribution is 2.28. The van der Waals surface area contributed by atoms with E-state index in [9.17, 15) is 9.59 Å². The van der Waals surface area contributed by atoms with Crippen LogP contribution in [0.4, 0.5) is 22.0 Å². The number of carbonyl (C=O) groups is 2. The largest absolute Gasteiger partial charge is 0.373 e. The molecular weight excluding hydrogens is 516 g/mol. The minimum Gasteiger partial charge on any atom is -0.373 e. The van der Waals surface area contributed by atoms with Gasteiger partial charge in [-0.25, -0.2) is 9.78 Å². The Bertz CT molecular complexity index is 1440. The highest BCUT2D eigenvalue weighted by atomic mass is 16.5. The van der Waals surface area contributed by atoms with Crippen LogP contribution < -0.4 is 15.5 Å². The van der Waals surface area contributed by atoms with Crippen molar-refractivity contribution in [3.05, 3.63) is 84.2 Å². The fourth-order valence-corrected chi connectivity index (χ4v) is 5.07.